The van der Waals surface area contributed by atoms with E-state index in [9.17, 15) is 13.2 Å². The van der Waals surface area contributed by atoms with Crippen molar-refractivity contribution >= 4 is 50.0 Å². The van der Waals surface area contributed by atoms with Crippen LogP contribution in [0.1, 0.15) is 38.5 Å². The van der Waals surface area contributed by atoms with Gasteiger partial charge in [0.2, 0.25) is 5.91 Å². The van der Waals surface area contributed by atoms with Crippen LogP contribution >= 0.6 is 23.4 Å². The van der Waals surface area contributed by atoms with Crippen LogP contribution in [0.15, 0.2) is 17.1 Å². The second-order valence-electron chi connectivity index (χ2n) is 8.31. The van der Waals surface area contributed by atoms with Crippen LogP contribution in [0.25, 0.3) is 0 Å². The topological polar surface area (TPSA) is 85.3 Å². The number of nitrogens with zero attached hydrogens (tertiary/aromatic N) is 2. The summed E-state index contributed by atoms with van der Waals surface area (Å²) in [6.07, 6.45) is 6.14. The molecule has 0 N–H and O–H groups in total. The monoisotopic (exact) mass is 486 g/mol. The van der Waals surface area contributed by atoms with E-state index in [-0.39, 0.29) is 28.7 Å². The number of fused-ring (bicyclic) bond motifs is 1. The quantitative estimate of drug-likeness (QED) is 0.602. The van der Waals surface area contributed by atoms with Gasteiger partial charge in [-0.2, -0.15) is 4.99 Å². The SMILES string of the molecule is COc1cc(OC)c(N2C(=NC(=O)CCC3CCCC3)S[C@@H]3CS(=O)(=O)C[C@H]32)cc1Cl. The summed E-state index contributed by atoms with van der Waals surface area (Å²) in [6, 6.07) is 3.03. The molecule has 1 aromatic carbocycles. The zero-order chi connectivity index (χ0) is 22.2. The summed E-state index contributed by atoms with van der Waals surface area (Å²) in [6.45, 7) is 0. The van der Waals surface area contributed by atoms with E-state index in [0.717, 1.165) is 6.42 Å². The number of aliphatic imine (C=N–C) groups is 1. The second-order valence-corrected chi connectivity index (χ2v) is 12.1. The fraction of sp³-hybridized carbons (Fsp3) is 0.619. The third-order valence-corrected chi connectivity index (χ3v) is 9.75. The van der Waals surface area contributed by atoms with Crippen LogP contribution in [-0.2, 0) is 14.6 Å². The maximum Gasteiger partial charge on any atom is 0.248 e. The molecule has 31 heavy (non-hydrogen) atoms. The highest BCUT2D eigenvalue weighted by Crippen LogP contribution is 2.46. The number of halogens is 1. The Morgan fingerprint density at radius 3 is 2.58 bits per heavy atom. The molecule has 1 amide bonds. The summed E-state index contributed by atoms with van der Waals surface area (Å²) in [5, 5.41) is 0.706. The molecule has 0 spiro atoms. The van der Waals surface area contributed by atoms with E-state index in [1.807, 2.05) is 4.90 Å². The molecule has 1 aromatic rings. The normalized spacial score (nSPS) is 26.4. The summed E-state index contributed by atoms with van der Waals surface area (Å²) in [4.78, 5) is 18.9. The summed E-state index contributed by atoms with van der Waals surface area (Å²) in [5.41, 5.74) is 0.591. The molecule has 7 nitrogen and oxygen atoms in total. The summed E-state index contributed by atoms with van der Waals surface area (Å²) in [7, 11) is -0.118. The van der Waals surface area contributed by atoms with Gasteiger partial charge in [0, 0.05) is 17.7 Å². The molecule has 2 atom stereocenters. The van der Waals surface area contributed by atoms with Crippen LogP contribution in [0, 0.1) is 5.92 Å². The minimum atomic E-state index is -3.16. The smallest absolute Gasteiger partial charge is 0.248 e. The van der Waals surface area contributed by atoms with Crippen molar-refractivity contribution in [1.82, 2.24) is 0 Å². The van der Waals surface area contributed by atoms with Crippen LogP contribution in [0.4, 0.5) is 5.69 Å². The van der Waals surface area contributed by atoms with Crippen molar-refractivity contribution in [2.45, 2.75) is 49.8 Å². The zero-order valence-electron chi connectivity index (χ0n) is 17.7. The molecular weight excluding hydrogens is 460 g/mol. The first-order valence-electron chi connectivity index (χ1n) is 10.5. The standard InChI is InChI=1S/C21H27ClN2O5S2/c1-28-17-10-18(29-2)15(9-14(17)22)24-16-11-31(26,27)12-19(16)30-21(24)23-20(25)8-7-13-5-3-4-6-13/h9-10,13,16,19H,3-8,11-12H2,1-2H3/t16-,19-/m1/s1. The number of ether oxygens (including phenoxy) is 2. The van der Waals surface area contributed by atoms with Crippen molar-refractivity contribution in [3.05, 3.63) is 17.2 Å². The van der Waals surface area contributed by atoms with Crippen molar-refractivity contribution < 1.29 is 22.7 Å². The molecule has 1 aliphatic carbocycles. The molecule has 10 heteroatoms. The Morgan fingerprint density at radius 1 is 1.19 bits per heavy atom. The fourth-order valence-corrected chi connectivity index (χ4v) is 8.83. The first-order chi connectivity index (χ1) is 14.8. The maximum atomic E-state index is 12.7. The predicted molar refractivity (Wildman–Crippen MR) is 124 cm³/mol. The average molecular weight is 487 g/mol. The number of methoxy groups -OCH3 is 2. The van der Waals surface area contributed by atoms with E-state index in [1.165, 1.54) is 51.7 Å². The Kier molecular flexibility index (Phi) is 6.74. The van der Waals surface area contributed by atoms with Crippen molar-refractivity contribution in [2.24, 2.45) is 10.9 Å². The van der Waals surface area contributed by atoms with E-state index in [0.29, 0.717) is 39.7 Å². The summed E-state index contributed by atoms with van der Waals surface area (Å²) >= 11 is 7.73. The lowest BCUT2D eigenvalue weighted by atomic mass is 10.0. The van der Waals surface area contributed by atoms with Crippen molar-refractivity contribution in [3.8, 4) is 11.5 Å². The van der Waals surface area contributed by atoms with E-state index in [4.69, 9.17) is 21.1 Å². The number of amides is 1. The van der Waals surface area contributed by atoms with Crippen molar-refractivity contribution in [2.75, 3.05) is 30.6 Å². The zero-order valence-corrected chi connectivity index (χ0v) is 20.1. The minimum Gasteiger partial charge on any atom is -0.495 e. The van der Waals surface area contributed by atoms with E-state index >= 15 is 0 Å². The Hall–Kier alpha value is -1.45. The average Bonchev–Trinajstić information content (AvgIpc) is 3.41. The van der Waals surface area contributed by atoms with E-state index < -0.39 is 9.84 Å². The molecule has 0 radical (unpaired) electrons. The molecular formula is C21H27ClN2O5S2. The molecule has 4 rings (SSSR count). The fourth-order valence-electron chi connectivity index (χ4n) is 4.67. The number of amidine groups is 1. The third-order valence-electron chi connectivity index (χ3n) is 6.24. The summed E-state index contributed by atoms with van der Waals surface area (Å²) in [5.74, 6) is 1.46. The molecule has 2 saturated heterocycles. The van der Waals surface area contributed by atoms with Gasteiger partial charge in [-0.1, -0.05) is 49.0 Å². The molecule has 170 valence electrons. The first-order valence-corrected chi connectivity index (χ1v) is 13.6. The van der Waals surface area contributed by atoms with Crippen LogP contribution in [-0.4, -0.2) is 56.5 Å². The first kappa shape index (κ1) is 22.7. The Balaban J connectivity index is 1.65. The molecule has 2 heterocycles. The van der Waals surface area contributed by atoms with Crippen LogP contribution in [0.5, 0.6) is 11.5 Å². The van der Waals surface area contributed by atoms with Gasteiger partial charge >= 0.3 is 0 Å². The van der Waals surface area contributed by atoms with Crippen LogP contribution < -0.4 is 14.4 Å². The number of sulfone groups is 1. The van der Waals surface area contributed by atoms with Gasteiger partial charge in [0.25, 0.3) is 0 Å². The Labute approximate surface area is 192 Å². The molecule has 0 aromatic heterocycles. The Bertz CT molecular complexity index is 992. The number of rotatable bonds is 6. The third kappa shape index (κ3) is 4.83. The molecule has 0 unspecified atom stereocenters. The largest absolute Gasteiger partial charge is 0.495 e. The molecule has 0 bridgehead atoms. The number of carbonyl (C=O) groups is 1. The summed E-state index contributed by atoms with van der Waals surface area (Å²) < 4.78 is 35.4. The lowest BCUT2D eigenvalue weighted by Crippen LogP contribution is -2.38. The lowest BCUT2D eigenvalue weighted by Gasteiger charge is -2.27. The molecule has 1 saturated carbocycles. The minimum absolute atomic E-state index is 0.00670. The molecule has 3 aliphatic rings. The number of hydrogen-bond acceptors (Lipinski definition) is 6. The number of anilines is 1. The highest BCUT2D eigenvalue weighted by atomic mass is 35.5. The number of carbonyl (C=O) groups excluding carboxylic acids is 1. The molecule has 3 fully saturated rings. The maximum absolute atomic E-state index is 12.7. The highest BCUT2D eigenvalue weighted by molar-refractivity contribution is 8.16. The van der Waals surface area contributed by atoms with Gasteiger partial charge in [-0.25, -0.2) is 8.42 Å². The van der Waals surface area contributed by atoms with Gasteiger partial charge in [-0.3, -0.25) is 4.79 Å². The van der Waals surface area contributed by atoms with Crippen LogP contribution in [0.3, 0.4) is 0 Å². The van der Waals surface area contributed by atoms with Gasteiger partial charge < -0.3 is 14.4 Å². The van der Waals surface area contributed by atoms with Gasteiger partial charge in [0.1, 0.15) is 11.5 Å². The number of hydrogen-bond donors (Lipinski definition) is 0. The number of thioether (sulfide) groups is 1. The van der Waals surface area contributed by atoms with Crippen molar-refractivity contribution in [1.29, 1.82) is 0 Å². The van der Waals surface area contributed by atoms with E-state index in [1.54, 1.807) is 12.1 Å². The predicted octanol–water partition coefficient (Wildman–Crippen LogP) is 3.93. The van der Waals surface area contributed by atoms with Gasteiger partial charge in [0.15, 0.2) is 15.0 Å². The lowest BCUT2D eigenvalue weighted by molar-refractivity contribution is -0.118. The van der Waals surface area contributed by atoms with Gasteiger partial charge in [-0.05, 0) is 18.4 Å². The number of benzene rings is 1. The van der Waals surface area contributed by atoms with Gasteiger partial charge in [-0.15, -0.1) is 0 Å². The molecule has 2 aliphatic heterocycles. The Morgan fingerprint density at radius 2 is 1.90 bits per heavy atom. The highest BCUT2D eigenvalue weighted by Gasteiger charge is 2.50. The van der Waals surface area contributed by atoms with Crippen molar-refractivity contribution in [3.63, 3.8) is 0 Å². The second kappa shape index (κ2) is 9.19. The van der Waals surface area contributed by atoms with Crippen LogP contribution in [0.2, 0.25) is 5.02 Å². The van der Waals surface area contributed by atoms with E-state index in [2.05, 4.69) is 4.99 Å². The van der Waals surface area contributed by atoms with Gasteiger partial charge in [0.05, 0.1) is 42.5 Å².